The summed E-state index contributed by atoms with van der Waals surface area (Å²) in [6.07, 6.45) is 1.02. The number of fused-ring (bicyclic) bond motifs is 1. The molecule has 0 radical (unpaired) electrons. The highest BCUT2D eigenvalue weighted by Crippen LogP contribution is 2.38. The van der Waals surface area contributed by atoms with E-state index in [2.05, 4.69) is 5.43 Å². The van der Waals surface area contributed by atoms with E-state index in [0.29, 0.717) is 57.2 Å². The van der Waals surface area contributed by atoms with Gasteiger partial charge in [0.1, 0.15) is 6.04 Å². The smallest absolute Gasteiger partial charge is 0.261 e. The second kappa shape index (κ2) is 8.58. The number of ether oxygens (including phenoxy) is 3. The first kappa shape index (κ1) is 19.4. The van der Waals surface area contributed by atoms with Gasteiger partial charge < -0.3 is 19.1 Å². The molecule has 0 saturated carbocycles. The molecule has 1 aromatic carbocycles. The topological polar surface area (TPSA) is 80.3 Å². The molecule has 0 spiro atoms. The summed E-state index contributed by atoms with van der Waals surface area (Å²) in [6, 6.07) is 3.02. The minimum atomic E-state index is -0.691. The maximum atomic E-state index is 13.2. The molecule has 3 rings (SSSR count). The maximum absolute atomic E-state index is 13.2. The van der Waals surface area contributed by atoms with Gasteiger partial charge in [0.25, 0.3) is 5.91 Å². The van der Waals surface area contributed by atoms with Crippen LogP contribution in [0.5, 0.6) is 11.5 Å². The number of morpholine rings is 1. The van der Waals surface area contributed by atoms with Crippen LogP contribution < -0.4 is 14.9 Å². The van der Waals surface area contributed by atoms with Crippen molar-refractivity contribution in [1.82, 2.24) is 15.3 Å². The lowest BCUT2D eigenvalue weighted by Crippen LogP contribution is -2.54. The average Bonchev–Trinajstić information content (AvgIpc) is 2.71. The van der Waals surface area contributed by atoms with Gasteiger partial charge in [-0.15, -0.1) is 0 Å². The average molecular weight is 377 g/mol. The number of hydrogen-bond acceptors (Lipinski definition) is 6. The summed E-state index contributed by atoms with van der Waals surface area (Å²) >= 11 is 0. The van der Waals surface area contributed by atoms with E-state index in [1.807, 2.05) is 24.1 Å². The summed E-state index contributed by atoms with van der Waals surface area (Å²) < 4.78 is 16.1. The zero-order valence-electron chi connectivity index (χ0n) is 16.1. The second-order valence-electron chi connectivity index (χ2n) is 6.57. The highest BCUT2D eigenvalue weighted by Gasteiger charge is 2.37. The quantitative estimate of drug-likeness (QED) is 0.821. The summed E-state index contributed by atoms with van der Waals surface area (Å²) in [7, 11) is 3.15. The number of methoxy groups -OCH3 is 2. The van der Waals surface area contributed by atoms with Crippen molar-refractivity contribution in [2.45, 2.75) is 25.8 Å². The fourth-order valence-corrected chi connectivity index (χ4v) is 3.59. The third kappa shape index (κ3) is 4.01. The summed E-state index contributed by atoms with van der Waals surface area (Å²) in [5.41, 5.74) is 4.73. The number of benzene rings is 1. The van der Waals surface area contributed by atoms with Gasteiger partial charge in [-0.2, -0.15) is 0 Å². The van der Waals surface area contributed by atoms with Crippen LogP contribution in [-0.2, 0) is 20.7 Å². The lowest BCUT2D eigenvalue weighted by atomic mass is 9.91. The first-order valence-corrected chi connectivity index (χ1v) is 9.26. The molecule has 2 amide bonds. The molecule has 1 N–H and O–H groups in total. The van der Waals surface area contributed by atoms with Crippen molar-refractivity contribution in [2.75, 3.05) is 47.1 Å². The molecule has 2 heterocycles. The molecular weight excluding hydrogens is 350 g/mol. The fraction of sp³-hybridized carbons (Fsp3) is 0.579. The van der Waals surface area contributed by atoms with Gasteiger partial charge in [-0.25, -0.2) is 5.01 Å². The number of amides is 2. The largest absolute Gasteiger partial charge is 0.493 e. The Morgan fingerprint density at radius 3 is 2.44 bits per heavy atom. The maximum Gasteiger partial charge on any atom is 0.261 e. The van der Waals surface area contributed by atoms with Crippen molar-refractivity contribution in [2.24, 2.45) is 0 Å². The Balaban J connectivity index is 1.95. The highest BCUT2D eigenvalue weighted by molar-refractivity contribution is 5.89. The summed E-state index contributed by atoms with van der Waals surface area (Å²) in [5, 5.41) is 1.84. The van der Waals surface area contributed by atoms with Gasteiger partial charge in [-0.1, -0.05) is 6.92 Å². The molecule has 8 heteroatoms. The van der Waals surface area contributed by atoms with Crippen LogP contribution in [0, 0.1) is 0 Å². The van der Waals surface area contributed by atoms with E-state index in [1.165, 1.54) is 0 Å². The third-order valence-corrected chi connectivity index (χ3v) is 5.02. The van der Waals surface area contributed by atoms with Crippen molar-refractivity contribution >= 4 is 11.8 Å². The number of hydrogen-bond donors (Lipinski definition) is 1. The Kier molecular flexibility index (Phi) is 6.18. The molecular formula is C19H27N3O5. The zero-order valence-corrected chi connectivity index (χ0v) is 16.1. The van der Waals surface area contributed by atoms with Gasteiger partial charge in [0, 0.05) is 26.1 Å². The van der Waals surface area contributed by atoms with E-state index in [4.69, 9.17) is 14.2 Å². The van der Waals surface area contributed by atoms with E-state index in [-0.39, 0.29) is 11.8 Å². The number of nitrogens with zero attached hydrogens (tertiary/aromatic N) is 2. The number of carbonyl (C=O) groups excluding carboxylic acids is 2. The molecule has 1 aromatic rings. The number of rotatable bonds is 5. The van der Waals surface area contributed by atoms with E-state index in [0.717, 1.165) is 11.1 Å². The highest BCUT2D eigenvalue weighted by atomic mass is 16.5. The van der Waals surface area contributed by atoms with Crippen LogP contribution in [0.1, 0.15) is 30.5 Å². The Hall–Kier alpha value is -2.32. The summed E-state index contributed by atoms with van der Waals surface area (Å²) in [6.45, 7) is 4.70. The lowest BCUT2D eigenvalue weighted by molar-refractivity contribution is -0.144. The molecule has 0 aromatic heterocycles. The second-order valence-corrected chi connectivity index (χ2v) is 6.57. The Labute approximate surface area is 159 Å². The normalized spacial score (nSPS) is 20.0. The van der Waals surface area contributed by atoms with Crippen molar-refractivity contribution in [1.29, 1.82) is 0 Å². The monoisotopic (exact) mass is 377 g/mol. The molecule has 0 bridgehead atoms. The number of hydrazine groups is 1. The van der Waals surface area contributed by atoms with E-state index >= 15 is 0 Å². The predicted molar refractivity (Wildman–Crippen MR) is 98.5 cm³/mol. The fourth-order valence-electron chi connectivity index (χ4n) is 3.59. The Morgan fingerprint density at radius 2 is 1.81 bits per heavy atom. The van der Waals surface area contributed by atoms with Gasteiger partial charge in [0.2, 0.25) is 5.91 Å². The number of carbonyl (C=O) groups is 2. The summed E-state index contributed by atoms with van der Waals surface area (Å²) in [4.78, 5) is 27.3. The van der Waals surface area contributed by atoms with Crippen molar-refractivity contribution < 1.29 is 23.8 Å². The predicted octanol–water partition coefficient (Wildman–Crippen LogP) is 0.903. The van der Waals surface area contributed by atoms with Crippen LogP contribution >= 0.6 is 0 Å². The standard InChI is InChI=1S/C19H27N3O5/c1-4-17(23)22-6-5-13-11-15(25-2)16(26-3)12-14(13)18(22)19(24)20-21-7-9-27-10-8-21/h11-12,18H,4-10H2,1-3H3,(H,20,24). The molecule has 1 atom stereocenters. The molecule has 27 heavy (non-hydrogen) atoms. The van der Waals surface area contributed by atoms with Crippen LogP contribution in [0.2, 0.25) is 0 Å². The van der Waals surface area contributed by atoms with Gasteiger partial charge in [-0.05, 0) is 29.7 Å². The molecule has 1 fully saturated rings. The molecule has 1 saturated heterocycles. The molecule has 148 valence electrons. The van der Waals surface area contributed by atoms with E-state index in [1.54, 1.807) is 19.1 Å². The summed E-state index contributed by atoms with van der Waals surface area (Å²) in [5.74, 6) is 0.912. The Bertz CT molecular complexity index is 703. The van der Waals surface area contributed by atoms with Crippen LogP contribution in [0.15, 0.2) is 12.1 Å². The van der Waals surface area contributed by atoms with E-state index in [9.17, 15) is 9.59 Å². The van der Waals surface area contributed by atoms with Gasteiger partial charge in [0.15, 0.2) is 11.5 Å². The van der Waals surface area contributed by atoms with Crippen LogP contribution in [0.25, 0.3) is 0 Å². The van der Waals surface area contributed by atoms with Crippen molar-refractivity contribution in [3.05, 3.63) is 23.3 Å². The minimum absolute atomic E-state index is 0.0439. The SMILES string of the molecule is CCC(=O)N1CCc2cc(OC)c(OC)cc2C1C(=O)NN1CCOCC1. The molecule has 8 nitrogen and oxygen atoms in total. The molecule has 0 aliphatic carbocycles. The molecule has 1 unspecified atom stereocenters. The van der Waals surface area contributed by atoms with Crippen molar-refractivity contribution in [3.8, 4) is 11.5 Å². The zero-order chi connectivity index (χ0) is 19.4. The first-order valence-electron chi connectivity index (χ1n) is 9.26. The molecule has 2 aliphatic heterocycles. The van der Waals surface area contributed by atoms with Gasteiger partial charge in [0.05, 0.1) is 27.4 Å². The lowest BCUT2D eigenvalue weighted by Gasteiger charge is -2.38. The molecule has 2 aliphatic rings. The minimum Gasteiger partial charge on any atom is -0.493 e. The van der Waals surface area contributed by atoms with Crippen LogP contribution in [0.3, 0.4) is 0 Å². The van der Waals surface area contributed by atoms with Crippen molar-refractivity contribution in [3.63, 3.8) is 0 Å². The van der Waals surface area contributed by atoms with Gasteiger partial charge in [-0.3, -0.25) is 15.0 Å². The van der Waals surface area contributed by atoms with Gasteiger partial charge >= 0.3 is 0 Å². The van der Waals surface area contributed by atoms with Crippen LogP contribution in [0.4, 0.5) is 0 Å². The first-order chi connectivity index (χ1) is 13.1. The Morgan fingerprint density at radius 1 is 1.15 bits per heavy atom. The van der Waals surface area contributed by atoms with E-state index < -0.39 is 6.04 Å². The number of nitrogens with one attached hydrogen (secondary N) is 1. The third-order valence-electron chi connectivity index (χ3n) is 5.02. The van der Waals surface area contributed by atoms with Crippen LogP contribution in [-0.4, -0.2) is 68.8 Å².